The van der Waals surface area contributed by atoms with Gasteiger partial charge in [0.05, 0.1) is 23.6 Å². The molecule has 0 radical (unpaired) electrons. The van der Waals surface area contributed by atoms with Crippen LogP contribution in [0.1, 0.15) is 58.3 Å². The number of carbonyl (C=O) groups is 2. The van der Waals surface area contributed by atoms with E-state index in [2.05, 4.69) is 46.4 Å². The van der Waals surface area contributed by atoms with Crippen molar-refractivity contribution in [2.24, 2.45) is 0 Å². The molecule has 4 N–H and O–H groups in total. The van der Waals surface area contributed by atoms with Crippen molar-refractivity contribution in [1.29, 1.82) is 0 Å². The summed E-state index contributed by atoms with van der Waals surface area (Å²) in [7, 11) is 1.58. The van der Waals surface area contributed by atoms with E-state index in [1.165, 1.54) is 11.9 Å². The molecule has 0 aliphatic rings. The van der Waals surface area contributed by atoms with E-state index in [0.29, 0.717) is 29.2 Å². The maximum absolute atomic E-state index is 13.4. The van der Waals surface area contributed by atoms with Gasteiger partial charge in [0.15, 0.2) is 17.6 Å². The summed E-state index contributed by atoms with van der Waals surface area (Å²) in [5.41, 5.74) is 5.55. The second-order valence-electron chi connectivity index (χ2n) is 10.4. The Hall–Kier alpha value is -4.31. The zero-order chi connectivity index (χ0) is 28.9. The van der Waals surface area contributed by atoms with E-state index < -0.39 is 0 Å². The minimum absolute atomic E-state index is 0.139. The van der Waals surface area contributed by atoms with Gasteiger partial charge in [0, 0.05) is 24.4 Å². The first-order chi connectivity index (χ1) is 19.1. The van der Waals surface area contributed by atoms with Crippen LogP contribution in [0.25, 0.3) is 5.69 Å². The number of benzene rings is 3. The van der Waals surface area contributed by atoms with Gasteiger partial charge in [-0.1, -0.05) is 74.3 Å². The molecule has 0 saturated carbocycles. The summed E-state index contributed by atoms with van der Waals surface area (Å²) < 4.78 is 10.6. The van der Waals surface area contributed by atoms with Gasteiger partial charge >= 0.3 is 11.6 Å². The van der Waals surface area contributed by atoms with Crippen LogP contribution in [-0.4, -0.2) is 35.5 Å². The van der Waals surface area contributed by atoms with E-state index in [0.717, 1.165) is 22.4 Å². The van der Waals surface area contributed by atoms with E-state index >= 15 is 0 Å². The number of nitrogens with one attached hydrogen (secondary N) is 4. The van der Waals surface area contributed by atoms with Gasteiger partial charge in [-0.2, -0.15) is 0 Å². The molecule has 208 valence electrons. The highest BCUT2D eigenvalue weighted by atomic mass is 32.2. The number of anilines is 2. The number of rotatable bonds is 9. The number of aromatic nitrogens is 3. The zero-order valence-electron chi connectivity index (χ0n) is 23.6. The van der Waals surface area contributed by atoms with Crippen LogP contribution in [0, 0.1) is 6.92 Å². The molecular weight excluding hydrogens is 524 g/mol. The first-order valence-electron chi connectivity index (χ1n) is 12.8. The topological polar surface area (TPSA) is 112 Å². The lowest BCUT2D eigenvalue weighted by atomic mass is 9.86. The van der Waals surface area contributed by atoms with Crippen LogP contribution in [0.2, 0.25) is 0 Å². The van der Waals surface area contributed by atoms with Gasteiger partial charge in [0.1, 0.15) is 0 Å². The number of hydrogen-bond donors (Lipinski definition) is 4. The monoisotopic (exact) mass is 559 g/mol. The summed E-state index contributed by atoms with van der Waals surface area (Å²) in [6.45, 7) is 8.68. The maximum atomic E-state index is 13.4. The quantitative estimate of drug-likeness (QED) is 0.166. The molecular formula is C30H35N6O3S+. The molecule has 0 aliphatic carbocycles. The van der Waals surface area contributed by atoms with Gasteiger partial charge < -0.3 is 20.1 Å². The van der Waals surface area contributed by atoms with Crippen molar-refractivity contribution in [3.63, 3.8) is 0 Å². The van der Waals surface area contributed by atoms with E-state index in [1.54, 1.807) is 30.1 Å². The van der Waals surface area contributed by atoms with Crippen LogP contribution in [0.3, 0.4) is 0 Å². The number of ether oxygens (including phenoxy) is 1. The number of carbonyl (C=O) groups excluding carboxylic acids is 2. The van der Waals surface area contributed by atoms with Gasteiger partial charge in [-0.05, 0) is 47.2 Å². The number of hydrogen-bond acceptors (Lipinski definition) is 6. The molecule has 0 saturated heterocycles. The van der Waals surface area contributed by atoms with E-state index in [-0.39, 0.29) is 22.9 Å². The Morgan fingerprint density at radius 3 is 2.42 bits per heavy atom. The molecule has 0 spiro atoms. The summed E-state index contributed by atoms with van der Waals surface area (Å²) in [6, 6.07) is 19.0. The molecule has 40 heavy (non-hydrogen) atoms. The van der Waals surface area contributed by atoms with Crippen LogP contribution in [0.5, 0.6) is 5.75 Å². The van der Waals surface area contributed by atoms with Crippen molar-refractivity contribution in [2.45, 2.75) is 39.7 Å². The number of H-pyrrole nitrogens is 1. The highest BCUT2D eigenvalue weighted by Crippen LogP contribution is 2.39. The summed E-state index contributed by atoms with van der Waals surface area (Å²) in [6.07, 6.45) is 3.54. The van der Waals surface area contributed by atoms with Crippen molar-refractivity contribution < 1.29 is 19.0 Å². The van der Waals surface area contributed by atoms with Crippen molar-refractivity contribution >= 4 is 35.1 Å². The second-order valence-corrected chi connectivity index (χ2v) is 11.0. The Kier molecular flexibility index (Phi) is 8.79. The lowest BCUT2D eigenvalue weighted by Crippen LogP contribution is -2.33. The molecule has 0 fully saturated rings. The molecule has 0 atom stereocenters. The predicted octanol–water partition coefficient (Wildman–Crippen LogP) is 5.17. The predicted molar refractivity (Wildman–Crippen MR) is 159 cm³/mol. The molecule has 1 aromatic heterocycles. The number of methoxy groups -OCH3 is 1. The lowest BCUT2D eigenvalue weighted by Gasteiger charge is -2.24. The third kappa shape index (κ3) is 6.63. The van der Waals surface area contributed by atoms with Crippen molar-refractivity contribution in [3.05, 3.63) is 94.8 Å². The van der Waals surface area contributed by atoms with Crippen molar-refractivity contribution in [2.75, 3.05) is 23.4 Å². The van der Waals surface area contributed by atoms with Crippen molar-refractivity contribution in [3.8, 4) is 11.4 Å². The average Bonchev–Trinajstić information content (AvgIpc) is 3.42. The maximum Gasteiger partial charge on any atom is 0.306 e. The SMILES string of the molecule is COc1c(NSC)cc(C(C)(C)C)cc1NC(=O)c1ccc(C)c(-[n+]2cc(C(=O)NCc3ccccc3)n[nH]2)c1. The molecule has 4 rings (SSSR count). The molecule has 3 aromatic carbocycles. The Labute approximate surface area is 238 Å². The highest BCUT2D eigenvalue weighted by Gasteiger charge is 2.23. The van der Waals surface area contributed by atoms with Crippen molar-refractivity contribution in [1.82, 2.24) is 15.6 Å². The Morgan fingerprint density at radius 2 is 1.75 bits per heavy atom. The third-order valence-electron chi connectivity index (χ3n) is 6.41. The van der Waals surface area contributed by atoms with Gasteiger partial charge in [-0.15, -0.1) is 4.68 Å². The average molecular weight is 560 g/mol. The van der Waals surface area contributed by atoms with Gasteiger partial charge in [0.2, 0.25) is 0 Å². The van der Waals surface area contributed by atoms with Crippen LogP contribution in [0.15, 0.2) is 66.9 Å². The lowest BCUT2D eigenvalue weighted by molar-refractivity contribution is -0.659. The summed E-state index contributed by atoms with van der Waals surface area (Å²) in [5, 5.41) is 12.9. The molecule has 0 bridgehead atoms. The van der Waals surface area contributed by atoms with E-state index in [4.69, 9.17) is 4.74 Å². The first-order valence-corrected chi connectivity index (χ1v) is 14.1. The number of amides is 2. The summed E-state index contributed by atoms with van der Waals surface area (Å²) in [4.78, 5) is 26.1. The fourth-order valence-electron chi connectivity index (χ4n) is 4.15. The Morgan fingerprint density at radius 1 is 1.02 bits per heavy atom. The number of nitrogens with zero attached hydrogens (tertiary/aromatic N) is 2. The van der Waals surface area contributed by atoms with Gasteiger partial charge in [-0.25, -0.2) is 0 Å². The van der Waals surface area contributed by atoms with E-state index in [1.807, 2.05) is 61.7 Å². The largest absolute Gasteiger partial charge is 0.492 e. The van der Waals surface area contributed by atoms with Crippen LogP contribution < -0.4 is 24.8 Å². The first kappa shape index (κ1) is 28.7. The standard InChI is InChI=1S/C30H34N6O3S/c1-19-12-13-21(28(37)32-23-15-22(30(2,3)4)16-24(34-40-6)27(23)39-5)14-26(19)36-18-25(33-35-36)29(38)31-17-20-10-8-7-9-11-20/h7-16,18,34H,17H2,1-6H3,(H2,31,32,37,38)/p+1. The Balaban J connectivity index is 1.57. The summed E-state index contributed by atoms with van der Waals surface area (Å²) >= 11 is 1.45. The number of aryl methyl sites for hydroxylation is 1. The molecule has 1 heterocycles. The normalized spacial score (nSPS) is 11.2. The Bertz CT molecular complexity index is 1510. The van der Waals surface area contributed by atoms with Crippen LogP contribution in [0.4, 0.5) is 11.4 Å². The molecule has 10 heteroatoms. The second kappa shape index (κ2) is 12.3. The molecule has 0 aliphatic heterocycles. The van der Waals surface area contributed by atoms with Crippen LogP contribution >= 0.6 is 11.9 Å². The molecule has 2 amide bonds. The van der Waals surface area contributed by atoms with Gasteiger partial charge in [0.25, 0.3) is 5.91 Å². The number of aromatic amines is 1. The van der Waals surface area contributed by atoms with Gasteiger partial charge in [-0.3, -0.25) is 9.59 Å². The summed E-state index contributed by atoms with van der Waals surface area (Å²) in [5.74, 6) is -0.0373. The third-order valence-corrected chi connectivity index (χ3v) is 6.83. The molecule has 0 unspecified atom stereocenters. The highest BCUT2D eigenvalue weighted by molar-refractivity contribution is 7.99. The minimum Gasteiger partial charge on any atom is -0.492 e. The molecule has 4 aromatic rings. The molecule has 9 nitrogen and oxygen atoms in total. The minimum atomic E-state index is -0.300. The van der Waals surface area contributed by atoms with Crippen LogP contribution in [-0.2, 0) is 12.0 Å². The van der Waals surface area contributed by atoms with E-state index in [9.17, 15) is 9.59 Å². The fourth-order valence-corrected chi connectivity index (χ4v) is 4.53. The zero-order valence-corrected chi connectivity index (χ0v) is 24.4. The smallest absolute Gasteiger partial charge is 0.306 e. The fraction of sp³-hybridized carbons (Fsp3) is 0.267.